The van der Waals surface area contributed by atoms with Crippen LogP contribution in [-0.4, -0.2) is 32.7 Å². The molecule has 0 saturated carbocycles. The number of esters is 1. The molecule has 0 saturated heterocycles. The average molecular weight is 271 g/mol. The molecule has 0 atom stereocenters. The molecule has 102 valence electrons. The van der Waals surface area contributed by atoms with Gasteiger partial charge in [-0.15, -0.1) is 0 Å². The molecule has 3 rings (SSSR count). The third kappa shape index (κ3) is 1.75. The van der Waals surface area contributed by atoms with Crippen molar-refractivity contribution in [1.29, 1.82) is 0 Å². The maximum Gasteiger partial charge on any atom is 0.356 e. The Balaban J connectivity index is 2.31. The molecule has 2 heterocycles. The highest BCUT2D eigenvalue weighted by molar-refractivity contribution is 6.10. The zero-order chi connectivity index (χ0) is 14.3. The lowest BCUT2D eigenvalue weighted by atomic mass is 10.1. The van der Waals surface area contributed by atoms with E-state index >= 15 is 0 Å². The molecule has 0 bridgehead atoms. The minimum absolute atomic E-state index is 0.184. The summed E-state index contributed by atoms with van der Waals surface area (Å²) < 4.78 is 4.99. The fourth-order valence-electron chi connectivity index (χ4n) is 2.20. The van der Waals surface area contributed by atoms with E-state index in [1.54, 1.807) is 13.0 Å². The van der Waals surface area contributed by atoms with E-state index in [1.807, 2.05) is 13.0 Å². The summed E-state index contributed by atoms with van der Waals surface area (Å²) in [6, 6.07) is 3.66. The summed E-state index contributed by atoms with van der Waals surface area (Å²) in [6.07, 6.45) is 0. The molecule has 0 unspecified atom stereocenters. The first-order valence-electron chi connectivity index (χ1n) is 6.20. The van der Waals surface area contributed by atoms with E-state index < -0.39 is 5.97 Å². The van der Waals surface area contributed by atoms with Gasteiger partial charge in [-0.1, -0.05) is 6.07 Å². The number of hydrogen-bond donors (Lipinski definition) is 2. The Bertz CT molecular complexity index is 824. The maximum atomic E-state index is 11.8. The van der Waals surface area contributed by atoms with Gasteiger partial charge in [0.25, 0.3) is 0 Å². The van der Waals surface area contributed by atoms with Crippen LogP contribution in [0.25, 0.3) is 21.8 Å². The molecule has 20 heavy (non-hydrogen) atoms. The fourth-order valence-corrected chi connectivity index (χ4v) is 2.20. The monoisotopic (exact) mass is 271 g/mol. The zero-order valence-electron chi connectivity index (χ0n) is 11.1. The lowest BCUT2D eigenvalue weighted by Gasteiger charge is -2.03. The second-order valence-electron chi connectivity index (χ2n) is 4.34. The van der Waals surface area contributed by atoms with Gasteiger partial charge in [0, 0.05) is 10.8 Å². The van der Waals surface area contributed by atoms with Gasteiger partial charge in [-0.3, -0.25) is 5.10 Å². The Hall–Kier alpha value is -2.70. The van der Waals surface area contributed by atoms with Crippen LogP contribution in [0.1, 0.15) is 23.1 Å². The van der Waals surface area contributed by atoms with Crippen LogP contribution in [0.4, 0.5) is 5.95 Å². The number of benzene rings is 1. The Morgan fingerprint density at radius 2 is 2.05 bits per heavy atom. The van der Waals surface area contributed by atoms with E-state index in [1.165, 1.54) is 0 Å². The van der Waals surface area contributed by atoms with Crippen molar-refractivity contribution in [2.75, 3.05) is 12.3 Å². The summed E-state index contributed by atoms with van der Waals surface area (Å²) in [7, 11) is 0. The molecule has 0 aliphatic carbocycles. The van der Waals surface area contributed by atoms with Crippen LogP contribution in [0, 0.1) is 6.92 Å². The molecule has 0 aliphatic rings. The van der Waals surface area contributed by atoms with Gasteiger partial charge in [-0.2, -0.15) is 5.10 Å². The molecule has 1 aromatic carbocycles. The van der Waals surface area contributed by atoms with Gasteiger partial charge in [0.15, 0.2) is 5.69 Å². The van der Waals surface area contributed by atoms with E-state index in [-0.39, 0.29) is 5.95 Å². The van der Waals surface area contributed by atoms with Crippen LogP contribution in [0.2, 0.25) is 0 Å². The van der Waals surface area contributed by atoms with Crippen molar-refractivity contribution in [2.24, 2.45) is 0 Å². The van der Waals surface area contributed by atoms with Gasteiger partial charge in [0.05, 0.1) is 12.3 Å². The van der Waals surface area contributed by atoms with Gasteiger partial charge in [0.1, 0.15) is 11.0 Å². The number of rotatable bonds is 2. The molecule has 7 heteroatoms. The van der Waals surface area contributed by atoms with Crippen molar-refractivity contribution in [2.45, 2.75) is 13.8 Å². The number of carbonyl (C=O) groups is 1. The van der Waals surface area contributed by atoms with Gasteiger partial charge in [-0.05, 0) is 19.9 Å². The van der Waals surface area contributed by atoms with Gasteiger partial charge >= 0.3 is 5.97 Å². The number of nitrogen functional groups attached to an aromatic ring is 1. The number of nitrogens with two attached hydrogens (primary N) is 1. The summed E-state index contributed by atoms with van der Waals surface area (Å²) >= 11 is 0. The minimum Gasteiger partial charge on any atom is -0.461 e. The summed E-state index contributed by atoms with van der Waals surface area (Å²) in [6.45, 7) is 3.91. The highest BCUT2D eigenvalue weighted by atomic mass is 16.5. The molecular weight excluding hydrogens is 258 g/mol. The molecule has 7 nitrogen and oxygen atoms in total. The number of fused-ring (bicyclic) bond motifs is 3. The molecule has 0 aliphatic heterocycles. The average Bonchev–Trinajstić information content (AvgIpc) is 2.83. The molecule has 0 spiro atoms. The Morgan fingerprint density at radius 1 is 1.30 bits per heavy atom. The van der Waals surface area contributed by atoms with Gasteiger partial charge in [-0.25, -0.2) is 14.8 Å². The topological polar surface area (TPSA) is 107 Å². The first-order valence-corrected chi connectivity index (χ1v) is 6.20. The van der Waals surface area contributed by atoms with Crippen LogP contribution in [-0.2, 0) is 4.74 Å². The van der Waals surface area contributed by atoms with Crippen LogP contribution in [0.3, 0.4) is 0 Å². The van der Waals surface area contributed by atoms with Crippen LogP contribution in [0.15, 0.2) is 12.1 Å². The molecule has 3 aromatic rings. The number of carbonyl (C=O) groups excluding carboxylic acids is 1. The second kappa shape index (κ2) is 4.44. The summed E-state index contributed by atoms with van der Waals surface area (Å²) in [4.78, 5) is 20.2. The van der Waals surface area contributed by atoms with E-state index in [2.05, 4.69) is 20.2 Å². The first-order chi connectivity index (χ1) is 9.61. The number of ether oxygens (including phenoxy) is 1. The molecular formula is C13H13N5O2. The highest BCUT2D eigenvalue weighted by Crippen LogP contribution is 2.26. The fraction of sp³-hybridized carbons (Fsp3) is 0.231. The standard InChI is InChI=1S/C13H13N5O2/c1-3-20-12(19)11-8-5-4-7-6(2)15-13(14)16-9(7)10(8)17-18-11/h4-5H,3H2,1-2H3,(H,17,18)(H2,14,15,16). The van der Waals surface area contributed by atoms with Crippen molar-refractivity contribution in [3.8, 4) is 0 Å². The molecule has 0 amide bonds. The number of nitrogens with zero attached hydrogens (tertiary/aromatic N) is 3. The van der Waals surface area contributed by atoms with Gasteiger partial charge < -0.3 is 10.5 Å². The van der Waals surface area contributed by atoms with E-state index in [0.717, 1.165) is 11.1 Å². The number of aromatic amines is 1. The Morgan fingerprint density at radius 3 is 2.80 bits per heavy atom. The molecule has 0 fully saturated rings. The highest BCUT2D eigenvalue weighted by Gasteiger charge is 2.17. The Kier molecular flexibility index (Phi) is 2.74. The summed E-state index contributed by atoms with van der Waals surface area (Å²) in [5, 5.41) is 8.38. The summed E-state index contributed by atoms with van der Waals surface area (Å²) in [5.74, 6) is -0.253. The number of aromatic nitrogens is 4. The second-order valence-corrected chi connectivity index (χ2v) is 4.34. The van der Waals surface area contributed by atoms with Crippen LogP contribution < -0.4 is 5.73 Å². The number of H-pyrrole nitrogens is 1. The largest absolute Gasteiger partial charge is 0.461 e. The van der Waals surface area contributed by atoms with Crippen LogP contribution in [0.5, 0.6) is 0 Å². The quantitative estimate of drug-likeness (QED) is 0.685. The summed E-state index contributed by atoms with van der Waals surface area (Å²) in [5.41, 5.74) is 7.98. The van der Waals surface area contributed by atoms with Crippen LogP contribution >= 0.6 is 0 Å². The number of hydrogen-bond acceptors (Lipinski definition) is 6. The maximum absolute atomic E-state index is 11.8. The number of aryl methyl sites for hydroxylation is 1. The zero-order valence-corrected chi connectivity index (χ0v) is 11.1. The minimum atomic E-state index is -0.437. The SMILES string of the molecule is CCOC(=O)c1[nH]nc2c1ccc1c(C)nc(N)nc12. The third-order valence-electron chi connectivity index (χ3n) is 3.08. The predicted octanol–water partition coefficient (Wildman–Crippen LogP) is 1.57. The van der Waals surface area contributed by atoms with E-state index in [4.69, 9.17) is 10.5 Å². The molecule has 2 aromatic heterocycles. The normalized spacial score (nSPS) is 11.1. The third-order valence-corrected chi connectivity index (χ3v) is 3.08. The number of nitrogens with one attached hydrogen (secondary N) is 1. The molecule has 3 N–H and O–H groups in total. The smallest absolute Gasteiger partial charge is 0.356 e. The van der Waals surface area contributed by atoms with Gasteiger partial charge in [0.2, 0.25) is 5.95 Å². The lowest BCUT2D eigenvalue weighted by molar-refractivity contribution is 0.0521. The van der Waals surface area contributed by atoms with E-state index in [0.29, 0.717) is 28.7 Å². The van der Waals surface area contributed by atoms with E-state index in [9.17, 15) is 4.79 Å². The lowest BCUT2D eigenvalue weighted by Crippen LogP contribution is -2.05. The number of anilines is 1. The van der Waals surface area contributed by atoms with Crippen molar-refractivity contribution in [3.05, 3.63) is 23.5 Å². The van der Waals surface area contributed by atoms with Crippen molar-refractivity contribution in [1.82, 2.24) is 20.2 Å². The predicted molar refractivity (Wildman–Crippen MR) is 74.3 cm³/mol. The first kappa shape index (κ1) is 12.3. The molecule has 0 radical (unpaired) electrons. The Labute approximate surface area is 114 Å². The van der Waals surface area contributed by atoms with Crippen molar-refractivity contribution < 1.29 is 9.53 Å². The van der Waals surface area contributed by atoms with Crippen molar-refractivity contribution >= 4 is 33.7 Å². The van der Waals surface area contributed by atoms with Crippen molar-refractivity contribution in [3.63, 3.8) is 0 Å².